The highest BCUT2D eigenvalue weighted by Crippen LogP contribution is 2.57. The Morgan fingerprint density at radius 1 is 1.09 bits per heavy atom. The first-order valence-electron chi connectivity index (χ1n) is 7.31. The molecule has 2 saturated heterocycles. The molecule has 22 heavy (non-hydrogen) atoms. The number of amides is 2. The number of rotatable bonds is 1. The Morgan fingerprint density at radius 3 is 2.14 bits per heavy atom. The Hall–Kier alpha value is -1.46. The summed E-state index contributed by atoms with van der Waals surface area (Å²) < 4.78 is 6.88. The van der Waals surface area contributed by atoms with E-state index in [0.29, 0.717) is 5.69 Å². The van der Waals surface area contributed by atoms with E-state index < -0.39 is 23.0 Å². The second kappa shape index (κ2) is 4.09. The van der Waals surface area contributed by atoms with Crippen molar-refractivity contribution < 1.29 is 14.3 Å². The van der Waals surface area contributed by atoms with Gasteiger partial charge in [0.15, 0.2) is 0 Å². The van der Waals surface area contributed by atoms with Gasteiger partial charge in [-0.3, -0.25) is 9.59 Å². The van der Waals surface area contributed by atoms with Crippen molar-refractivity contribution in [2.75, 3.05) is 4.90 Å². The van der Waals surface area contributed by atoms with Crippen molar-refractivity contribution in [1.29, 1.82) is 0 Å². The lowest BCUT2D eigenvalue weighted by Gasteiger charge is -2.25. The fourth-order valence-corrected chi connectivity index (χ4v) is 4.37. The van der Waals surface area contributed by atoms with Crippen LogP contribution < -0.4 is 4.90 Å². The average molecular weight is 362 g/mol. The van der Waals surface area contributed by atoms with E-state index in [1.165, 1.54) is 4.90 Å². The van der Waals surface area contributed by atoms with Crippen LogP contribution in [-0.4, -0.2) is 23.0 Å². The fourth-order valence-electron chi connectivity index (χ4n) is 4.01. The molecule has 4 nitrogen and oxygen atoms in total. The van der Waals surface area contributed by atoms with Crippen LogP contribution >= 0.6 is 15.9 Å². The number of carbonyl (C=O) groups excluding carboxylic acids is 2. The second-order valence-corrected chi connectivity index (χ2v) is 7.56. The first-order valence-corrected chi connectivity index (χ1v) is 8.11. The van der Waals surface area contributed by atoms with Crippen molar-refractivity contribution in [3.05, 3.63) is 40.4 Å². The molecule has 3 aliphatic heterocycles. The molecule has 4 rings (SSSR count). The Morgan fingerprint density at radius 2 is 1.64 bits per heavy atom. The van der Waals surface area contributed by atoms with Crippen LogP contribution in [0, 0.1) is 18.8 Å². The fraction of sp³-hybridized carbons (Fsp3) is 0.412. The summed E-state index contributed by atoms with van der Waals surface area (Å²) in [7, 11) is 0. The van der Waals surface area contributed by atoms with E-state index in [9.17, 15) is 9.59 Å². The summed E-state index contributed by atoms with van der Waals surface area (Å²) in [5, 5.41) is 0. The van der Waals surface area contributed by atoms with Crippen molar-refractivity contribution >= 4 is 33.4 Å². The van der Waals surface area contributed by atoms with E-state index in [4.69, 9.17) is 4.74 Å². The number of halogens is 1. The number of ether oxygens (including phenoxy) is 1. The number of imide groups is 1. The predicted octanol–water partition coefficient (Wildman–Crippen LogP) is 2.98. The van der Waals surface area contributed by atoms with Crippen molar-refractivity contribution in [3.8, 4) is 0 Å². The van der Waals surface area contributed by atoms with Gasteiger partial charge in [-0.15, -0.1) is 0 Å². The number of hydrogen-bond acceptors (Lipinski definition) is 3. The summed E-state index contributed by atoms with van der Waals surface area (Å²) in [6, 6.07) is 5.55. The lowest BCUT2D eigenvalue weighted by Crippen LogP contribution is -2.39. The van der Waals surface area contributed by atoms with Crippen LogP contribution in [0.3, 0.4) is 0 Å². The zero-order valence-corrected chi connectivity index (χ0v) is 14.2. The van der Waals surface area contributed by atoms with Crippen LogP contribution in [0.25, 0.3) is 0 Å². The molecule has 0 unspecified atom stereocenters. The SMILES string of the molecule is Cc1ccc(N2C(=O)[C@H]3[C@H](C2=O)[C@]2(C)C=C[C@]3(C)O2)cc1Br. The minimum atomic E-state index is -0.678. The van der Waals surface area contributed by atoms with Crippen LogP contribution in [-0.2, 0) is 14.3 Å². The summed E-state index contributed by atoms with van der Waals surface area (Å²) in [6.07, 6.45) is 3.85. The summed E-state index contributed by atoms with van der Waals surface area (Å²) in [6.45, 7) is 5.74. The van der Waals surface area contributed by atoms with Gasteiger partial charge in [0, 0.05) is 4.47 Å². The lowest BCUT2D eigenvalue weighted by molar-refractivity contribution is -0.128. The van der Waals surface area contributed by atoms with Crippen molar-refractivity contribution in [3.63, 3.8) is 0 Å². The lowest BCUT2D eigenvalue weighted by atomic mass is 9.73. The van der Waals surface area contributed by atoms with E-state index >= 15 is 0 Å². The highest BCUT2D eigenvalue weighted by atomic mass is 79.9. The van der Waals surface area contributed by atoms with Gasteiger partial charge in [-0.05, 0) is 38.5 Å². The quantitative estimate of drug-likeness (QED) is 0.570. The third kappa shape index (κ3) is 1.56. The second-order valence-electron chi connectivity index (χ2n) is 6.70. The van der Waals surface area contributed by atoms with Crippen LogP contribution in [0.4, 0.5) is 5.69 Å². The number of nitrogens with zero attached hydrogens (tertiary/aromatic N) is 1. The normalized spacial score (nSPS) is 39.0. The third-order valence-electron chi connectivity index (χ3n) is 5.14. The number of benzene rings is 1. The molecular weight excluding hydrogens is 346 g/mol. The summed E-state index contributed by atoms with van der Waals surface area (Å²) in [5.74, 6) is -1.20. The van der Waals surface area contributed by atoms with E-state index in [1.54, 1.807) is 0 Å². The molecule has 114 valence electrons. The average Bonchev–Trinajstić information content (AvgIpc) is 2.99. The molecule has 0 aromatic heterocycles. The Balaban J connectivity index is 1.81. The summed E-state index contributed by atoms with van der Waals surface area (Å²) in [5.41, 5.74) is 0.326. The van der Waals surface area contributed by atoms with E-state index in [0.717, 1.165) is 10.0 Å². The molecule has 0 saturated carbocycles. The topological polar surface area (TPSA) is 46.6 Å². The van der Waals surface area contributed by atoms with E-state index in [1.807, 2.05) is 51.1 Å². The number of fused-ring (bicyclic) bond motifs is 5. The Bertz CT molecular complexity index is 722. The molecule has 0 radical (unpaired) electrons. The van der Waals surface area contributed by atoms with Gasteiger partial charge in [-0.25, -0.2) is 4.90 Å². The maximum absolute atomic E-state index is 12.9. The molecule has 0 aliphatic carbocycles. The van der Waals surface area contributed by atoms with E-state index in [2.05, 4.69) is 15.9 Å². The number of aryl methyl sites for hydroxylation is 1. The van der Waals surface area contributed by atoms with Gasteiger partial charge in [0.2, 0.25) is 11.8 Å². The highest BCUT2D eigenvalue weighted by Gasteiger charge is 2.70. The van der Waals surface area contributed by atoms with E-state index in [-0.39, 0.29) is 11.8 Å². The highest BCUT2D eigenvalue weighted by molar-refractivity contribution is 9.10. The van der Waals surface area contributed by atoms with Gasteiger partial charge in [-0.2, -0.15) is 0 Å². The smallest absolute Gasteiger partial charge is 0.241 e. The molecular formula is C17H16BrNO3. The molecule has 3 aliphatic rings. The zero-order chi connectivity index (χ0) is 15.9. The van der Waals surface area contributed by atoms with Crippen LogP contribution in [0.2, 0.25) is 0 Å². The number of anilines is 1. The molecule has 1 aromatic carbocycles. The molecule has 2 amide bonds. The molecule has 2 fully saturated rings. The summed E-state index contributed by atoms with van der Waals surface area (Å²) >= 11 is 3.47. The number of carbonyl (C=O) groups is 2. The van der Waals surface area contributed by atoms with Gasteiger partial charge < -0.3 is 4.74 Å². The first kappa shape index (κ1) is 14.2. The Kier molecular flexibility index (Phi) is 2.63. The molecule has 2 bridgehead atoms. The van der Waals surface area contributed by atoms with Crippen molar-refractivity contribution in [2.24, 2.45) is 11.8 Å². The Labute approximate surface area is 137 Å². The molecule has 0 N–H and O–H groups in total. The predicted molar refractivity (Wildman–Crippen MR) is 85.4 cm³/mol. The molecule has 0 spiro atoms. The van der Waals surface area contributed by atoms with Gasteiger partial charge in [-0.1, -0.05) is 34.1 Å². The summed E-state index contributed by atoms with van der Waals surface area (Å²) in [4.78, 5) is 27.1. The molecule has 1 aromatic rings. The maximum atomic E-state index is 12.9. The van der Waals surface area contributed by atoms with Crippen LogP contribution in [0.15, 0.2) is 34.8 Å². The standard InChI is InChI=1S/C17H16BrNO3/c1-9-4-5-10(8-11(9)18)19-14(20)12-13(15(19)21)17(3)7-6-16(12,2)22-17/h4-8,12-13H,1-3H3/t12-,13-,16+,17+/m1/s1. The first-order chi connectivity index (χ1) is 10.3. The van der Waals surface area contributed by atoms with Crippen molar-refractivity contribution in [2.45, 2.75) is 32.0 Å². The van der Waals surface area contributed by atoms with Gasteiger partial charge in [0.1, 0.15) is 0 Å². The van der Waals surface area contributed by atoms with Crippen LogP contribution in [0.5, 0.6) is 0 Å². The van der Waals surface area contributed by atoms with Crippen LogP contribution in [0.1, 0.15) is 19.4 Å². The molecule has 5 heteroatoms. The van der Waals surface area contributed by atoms with Gasteiger partial charge in [0.25, 0.3) is 0 Å². The van der Waals surface area contributed by atoms with Gasteiger partial charge in [0.05, 0.1) is 28.7 Å². The van der Waals surface area contributed by atoms with Gasteiger partial charge >= 0.3 is 0 Å². The number of hydrogen-bond donors (Lipinski definition) is 0. The minimum Gasteiger partial charge on any atom is -0.359 e. The van der Waals surface area contributed by atoms with Crippen molar-refractivity contribution in [1.82, 2.24) is 0 Å². The molecule has 3 heterocycles. The third-order valence-corrected chi connectivity index (χ3v) is 5.99. The monoisotopic (exact) mass is 361 g/mol. The minimum absolute atomic E-state index is 0.165. The maximum Gasteiger partial charge on any atom is 0.241 e. The zero-order valence-electron chi connectivity index (χ0n) is 12.6. The largest absolute Gasteiger partial charge is 0.359 e. The molecule has 4 atom stereocenters.